The van der Waals surface area contributed by atoms with E-state index in [-0.39, 0.29) is 23.0 Å². The second-order valence-corrected chi connectivity index (χ2v) is 6.49. The number of piperidine rings is 1. The highest BCUT2D eigenvalue weighted by Gasteiger charge is 2.26. The zero-order valence-corrected chi connectivity index (χ0v) is 13.9. The molecule has 1 fully saturated rings. The molecule has 3 rings (SSSR count). The minimum Gasteiger partial charge on any atom is -0.507 e. The van der Waals surface area contributed by atoms with E-state index in [1.807, 2.05) is 6.07 Å². The summed E-state index contributed by atoms with van der Waals surface area (Å²) in [5, 5.41) is 9.83. The van der Waals surface area contributed by atoms with Crippen LogP contribution in [-0.4, -0.2) is 34.0 Å². The van der Waals surface area contributed by atoms with Crippen LogP contribution in [0, 0.1) is 11.7 Å². The highest BCUT2D eigenvalue weighted by Crippen LogP contribution is 2.25. The molecule has 0 saturated carbocycles. The van der Waals surface area contributed by atoms with Crippen LogP contribution in [0.5, 0.6) is 5.75 Å². The molecule has 6 heteroatoms. The molecule has 0 radical (unpaired) electrons. The van der Waals surface area contributed by atoms with Crippen molar-refractivity contribution in [2.45, 2.75) is 25.7 Å². The topological polar surface area (TPSA) is 73.4 Å². The van der Waals surface area contributed by atoms with E-state index in [2.05, 4.69) is 4.98 Å². The van der Waals surface area contributed by atoms with E-state index in [9.17, 15) is 19.1 Å². The number of hydrogen-bond acceptors (Lipinski definition) is 3. The van der Waals surface area contributed by atoms with Gasteiger partial charge in [-0.3, -0.25) is 9.59 Å². The average molecular weight is 344 g/mol. The van der Waals surface area contributed by atoms with Crippen molar-refractivity contribution in [2.24, 2.45) is 5.92 Å². The standard InChI is InChI=1S/C19H21FN2O3/c20-16-6-2-1-5-14(16)8-7-13-4-3-9-22(12-13)19(25)15-11-21-18(24)10-17(15)23/h1-2,5-6,10-11,13H,3-4,7-9,12H2,(H2,21,23,24)/t13-/m1/s1. The van der Waals surface area contributed by atoms with Gasteiger partial charge in [0.15, 0.2) is 0 Å². The molecular weight excluding hydrogens is 323 g/mol. The molecule has 2 N–H and O–H groups in total. The van der Waals surface area contributed by atoms with E-state index >= 15 is 0 Å². The van der Waals surface area contributed by atoms with Crippen molar-refractivity contribution in [3.05, 3.63) is 63.8 Å². The third kappa shape index (κ3) is 4.07. The van der Waals surface area contributed by atoms with Gasteiger partial charge in [0.1, 0.15) is 11.6 Å². The quantitative estimate of drug-likeness (QED) is 0.896. The first-order valence-electron chi connectivity index (χ1n) is 8.49. The van der Waals surface area contributed by atoms with Gasteiger partial charge in [0, 0.05) is 25.4 Å². The summed E-state index contributed by atoms with van der Waals surface area (Å²) in [6.07, 6.45) is 4.57. The Balaban J connectivity index is 1.63. The maximum absolute atomic E-state index is 13.7. The molecule has 1 amide bonds. The predicted molar refractivity (Wildman–Crippen MR) is 92.1 cm³/mol. The molecule has 25 heavy (non-hydrogen) atoms. The number of nitrogens with zero attached hydrogens (tertiary/aromatic N) is 1. The van der Waals surface area contributed by atoms with Crippen LogP contribution in [0.2, 0.25) is 0 Å². The number of carbonyl (C=O) groups is 1. The van der Waals surface area contributed by atoms with Gasteiger partial charge in [-0.1, -0.05) is 18.2 Å². The number of H-pyrrole nitrogens is 1. The summed E-state index contributed by atoms with van der Waals surface area (Å²) in [7, 11) is 0. The lowest BCUT2D eigenvalue weighted by molar-refractivity contribution is 0.0664. The monoisotopic (exact) mass is 344 g/mol. The first-order chi connectivity index (χ1) is 12.0. The molecule has 0 bridgehead atoms. The van der Waals surface area contributed by atoms with E-state index in [1.54, 1.807) is 17.0 Å². The molecule has 1 saturated heterocycles. The summed E-state index contributed by atoms with van der Waals surface area (Å²) in [6, 6.07) is 7.77. The SMILES string of the molecule is O=C(c1c[nH]c(=O)cc1O)N1CCC[C@H](CCc2ccccc2F)C1. The van der Waals surface area contributed by atoms with Gasteiger partial charge in [-0.25, -0.2) is 4.39 Å². The molecule has 0 spiro atoms. The Morgan fingerprint density at radius 1 is 1.36 bits per heavy atom. The van der Waals surface area contributed by atoms with Crippen molar-refractivity contribution in [1.29, 1.82) is 0 Å². The van der Waals surface area contributed by atoms with Crippen molar-refractivity contribution in [1.82, 2.24) is 9.88 Å². The molecular formula is C19H21FN2O3. The fourth-order valence-corrected chi connectivity index (χ4v) is 3.35. The molecule has 0 unspecified atom stereocenters. The molecule has 2 aromatic rings. The molecule has 1 aliphatic heterocycles. The van der Waals surface area contributed by atoms with Crippen molar-refractivity contribution in [3.8, 4) is 5.75 Å². The van der Waals surface area contributed by atoms with Gasteiger partial charge in [0.25, 0.3) is 11.5 Å². The Morgan fingerprint density at radius 2 is 2.16 bits per heavy atom. The van der Waals surface area contributed by atoms with Gasteiger partial charge in [-0.2, -0.15) is 0 Å². The fraction of sp³-hybridized carbons (Fsp3) is 0.368. The van der Waals surface area contributed by atoms with Gasteiger partial charge in [-0.15, -0.1) is 0 Å². The maximum Gasteiger partial charge on any atom is 0.259 e. The zero-order chi connectivity index (χ0) is 17.8. The van der Waals surface area contributed by atoms with Crippen LogP contribution in [0.3, 0.4) is 0 Å². The molecule has 132 valence electrons. The molecule has 2 heterocycles. The minimum absolute atomic E-state index is 0.106. The van der Waals surface area contributed by atoms with Gasteiger partial charge < -0.3 is 15.0 Å². The Morgan fingerprint density at radius 3 is 2.92 bits per heavy atom. The fourth-order valence-electron chi connectivity index (χ4n) is 3.35. The number of pyridine rings is 1. The lowest BCUT2D eigenvalue weighted by atomic mass is 9.91. The van der Waals surface area contributed by atoms with E-state index in [0.29, 0.717) is 31.0 Å². The predicted octanol–water partition coefficient (Wildman–Crippen LogP) is 2.70. The molecule has 1 aromatic heterocycles. The van der Waals surface area contributed by atoms with Gasteiger partial charge >= 0.3 is 0 Å². The first kappa shape index (κ1) is 17.2. The Hall–Kier alpha value is -2.63. The number of aromatic hydroxyl groups is 1. The van der Waals surface area contributed by atoms with Gasteiger partial charge in [0.2, 0.25) is 0 Å². The van der Waals surface area contributed by atoms with Gasteiger partial charge in [0.05, 0.1) is 5.56 Å². The molecule has 1 aromatic carbocycles. The highest BCUT2D eigenvalue weighted by molar-refractivity contribution is 5.96. The largest absolute Gasteiger partial charge is 0.507 e. The number of carbonyl (C=O) groups excluding carboxylic acids is 1. The third-order valence-corrected chi connectivity index (χ3v) is 4.72. The van der Waals surface area contributed by atoms with Crippen molar-refractivity contribution >= 4 is 5.91 Å². The summed E-state index contributed by atoms with van der Waals surface area (Å²) in [5.41, 5.74) is 0.356. The maximum atomic E-state index is 13.7. The summed E-state index contributed by atoms with van der Waals surface area (Å²) < 4.78 is 13.7. The number of hydrogen-bond donors (Lipinski definition) is 2. The van der Waals surface area contributed by atoms with Gasteiger partial charge in [-0.05, 0) is 43.2 Å². The van der Waals surface area contributed by atoms with E-state index < -0.39 is 5.56 Å². The smallest absolute Gasteiger partial charge is 0.259 e. The van der Waals surface area contributed by atoms with Crippen LogP contribution in [-0.2, 0) is 6.42 Å². The number of nitrogens with one attached hydrogen (secondary N) is 1. The third-order valence-electron chi connectivity index (χ3n) is 4.72. The summed E-state index contributed by atoms with van der Waals surface area (Å²) in [5.74, 6) is -0.488. The molecule has 5 nitrogen and oxygen atoms in total. The number of halogens is 1. The number of aryl methyl sites for hydroxylation is 1. The van der Waals surface area contributed by atoms with Crippen LogP contribution in [0.1, 0.15) is 35.2 Å². The van der Waals surface area contributed by atoms with E-state index in [4.69, 9.17) is 0 Å². The van der Waals surface area contributed by atoms with Crippen LogP contribution < -0.4 is 5.56 Å². The van der Waals surface area contributed by atoms with Crippen molar-refractivity contribution in [3.63, 3.8) is 0 Å². The number of aromatic amines is 1. The number of amides is 1. The van der Waals surface area contributed by atoms with Crippen LogP contribution in [0.4, 0.5) is 4.39 Å². The Kier molecular flexibility index (Phi) is 5.16. The van der Waals surface area contributed by atoms with Crippen LogP contribution >= 0.6 is 0 Å². The normalized spacial score (nSPS) is 17.5. The first-order valence-corrected chi connectivity index (χ1v) is 8.49. The number of benzene rings is 1. The Labute approximate surface area is 145 Å². The van der Waals surface area contributed by atoms with E-state index in [0.717, 1.165) is 25.3 Å². The van der Waals surface area contributed by atoms with Crippen LogP contribution in [0.25, 0.3) is 0 Å². The summed E-state index contributed by atoms with van der Waals surface area (Å²) >= 11 is 0. The van der Waals surface area contributed by atoms with Crippen molar-refractivity contribution < 1.29 is 14.3 Å². The number of rotatable bonds is 4. The molecule has 1 aliphatic rings. The number of likely N-dealkylation sites (tertiary alicyclic amines) is 1. The number of aromatic nitrogens is 1. The highest BCUT2D eigenvalue weighted by atomic mass is 19.1. The lowest BCUT2D eigenvalue weighted by Crippen LogP contribution is -2.40. The lowest BCUT2D eigenvalue weighted by Gasteiger charge is -2.33. The average Bonchev–Trinajstić information content (AvgIpc) is 2.61. The zero-order valence-electron chi connectivity index (χ0n) is 13.9. The minimum atomic E-state index is -0.449. The van der Waals surface area contributed by atoms with Crippen LogP contribution in [0.15, 0.2) is 41.3 Å². The van der Waals surface area contributed by atoms with E-state index in [1.165, 1.54) is 12.3 Å². The van der Waals surface area contributed by atoms with Crippen molar-refractivity contribution in [2.75, 3.05) is 13.1 Å². The summed E-state index contributed by atoms with van der Waals surface area (Å²) in [4.78, 5) is 27.9. The molecule has 1 atom stereocenters. The Bertz CT molecular complexity index is 818. The summed E-state index contributed by atoms with van der Waals surface area (Å²) in [6.45, 7) is 1.19. The second-order valence-electron chi connectivity index (χ2n) is 6.49. The second kappa shape index (κ2) is 7.51. The molecule has 0 aliphatic carbocycles.